The molecule has 1 aliphatic heterocycles. The Bertz CT molecular complexity index is 807. The number of amides is 1. The van der Waals surface area contributed by atoms with Crippen LogP contribution in [0.25, 0.3) is 0 Å². The molecule has 0 radical (unpaired) electrons. The Morgan fingerprint density at radius 3 is 2.67 bits per heavy atom. The molecule has 0 bridgehead atoms. The summed E-state index contributed by atoms with van der Waals surface area (Å²) in [5.74, 6) is -0.383. The molecule has 0 aromatic heterocycles. The molecular weight excluding hydrogens is 392 g/mol. The summed E-state index contributed by atoms with van der Waals surface area (Å²) in [7, 11) is 0. The van der Waals surface area contributed by atoms with Crippen LogP contribution in [-0.2, 0) is 5.72 Å². The zero-order chi connectivity index (χ0) is 17.3. The van der Waals surface area contributed by atoms with Gasteiger partial charge in [-0.2, -0.15) is 10.1 Å². The summed E-state index contributed by atoms with van der Waals surface area (Å²) in [6.07, 6.45) is 0.954. The van der Waals surface area contributed by atoms with Crippen molar-refractivity contribution >= 4 is 39.1 Å². The molecule has 0 fully saturated rings. The van der Waals surface area contributed by atoms with Gasteiger partial charge < -0.3 is 5.11 Å². The SMILES string of the molecule is CCC1=NN(C(=O)c2cccc(Cl)c2)C(O)(c2ccc(Br)cc2)C1. The van der Waals surface area contributed by atoms with E-state index in [1.807, 2.05) is 19.1 Å². The van der Waals surface area contributed by atoms with Crippen LogP contribution < -0.4 is 0 Å². The highest BCUT2D eigenvalue weighted by atomic mass is 79.9. The average molecular weight is 408 g/mol. The predicted octanol–water partition coefficient (Wildman–Crippen LogP) is 4.56. The molecule has 0 spiro atoms. The quantitative estimate of drug-likeness (QED) is 0.811. The van der Waals surface area contributed by atoms with Crippen molar-refractivity contribution in [3.05, 3.63) is 69.2 Å². The van der Waals surface area contributed by atoms with Crippen molar-refractivity contribution in [2.24, 2.45) is 5.10 Å². The van der Waals surface area contributed by atoms with E-state index in [-0.39, 0.29) is 12.3 Å². The van der Waals surface area contributed by atoms with E-state index in [1.54, 1.807) is 36.4 Å². The normalized spacial score (nSPS) is 20.2. The minimum Gasteiger partial charge on any atom is -0.365 e. The van der Waals surface area contributed by atoms with E-state index in [1.165, 1.54) is 5.01 Å². The maximum Gasteiger partial charge on any atom is 0.276 e. The van der Waals surface area contributed by atoms with Crippen LogP contribution in [0.3, 0.4) is 0 Å². The predicted molar refractivity (Wildman–Crippen MR) is 98.0 cm³/mol. The third-order valence-corrected chi connectivity index (χ3v) is 4.78. The van der Waals surface area contributed by atoms with Gasteiger partial charge in [-0.25, -0.2) is 0 Å². The van der Waals surface area contributed by atoms with E-state index in [2.05, 4.69) is 21.0 Å². The number of nitrogens with zero attached hydrogens (tertiary/aromatic N) is 2. The van der Waals surface area contributed by atoms with Gasteiger partial charge in [0.25, 0.3) is 5.91 Å². The van der Waals surface area contributed by atoms with Gasteiger partial charge in [-0.05, 0) is 36.8 Å². The van der Waals surface area contributed by atoms with Crippen molar-refractivity contribution in [3.8, 4) is 0 Å². The number of carbonyl (C=O) groups is 1. The Labute approximate surface area is 153 Å². The molecule has 0 aliphatic carbocycles. The van der Waals surface area contributed by atoms with Gasteiger partial charge >= 0.3 is 0 Å². The number of hydrazone groups is 1. The summed E-state index contributed by atoms with van der Waals surface area (Å²) in [4.78, 5) is 12.9. The highest BCUT2D eigenvalue weighted by molar-refractivity contribution is 9.10. The number of hydrogen-bond acceptors (Lipinski definition) is 3. The minimum atomic E-state index is -1.49. The second-order valence-corrected chi connectivity index (χ2v) is 7.00. The van der Waals surface area contributed by atoms with Gasteiger partial charge in [-0.1, -0.05) is 52.7 Å². The molecule has 1 amide bonds. The van der Waals surface area contributed by atoms with Gasteiger partial charge in [0.2, 0.25) is 0 Å². The molecule has 124 valence electrons. The van der Waals surface area contributed by atoms with Gasteiger partial charge in [0.05, 0.1) is 0 Å². The lowest BCUT2D eigenvalue weighted by molar-refractivity contribution is -0.0765. The molecule has 6 heteroatoms. The molecule has 0 saturated carbocycles. The Morgan fingerprint density at radius 2 is 2.04 bits per heavy atom. The van der Waals surface area contributed by atoms with Crippen LogP contribution in [0.5, 0.6) is 0 Å². The van der Waals surface area contributed by atoms with E-state index in [9.17, 15) is 9.90 Å². The number of hydrogen-bond donors (Lipinski definition) is 1. The van der Waals surface area contributed by atoms with Crippen molar-refractivity contribution in [3.63, 3.8) is 0 Å². The molecule has 1 aliphatic rings. The molecule has 0 saturated heterocycles. The second kappa shape index (κ2) is 6.67. The first-order valence-corrected chi connectivity index (χ1v) is 8.76. The topological polar surface area (TPSA) is 52.9 Å². The molecular formula is C18H16BrClN2O2. The minimum absolute atomic E-state index is 0.289. The van der Waals surface area contributed by atoms with Gasteiger partial charge in [0.15, 0.2) is 5.72 Å². The number of aliphatic hydroxyl groups is 1. The van der Waals surface area contributed by atoms with Crippen LogP contribution >= 0.6 is 27.5 Å². The lowest BCUT2D eigenvalue weighted by Crippen LogP contribution is -2.43. The largest absolute Gasteiger partial charge is 0.365 e. The summed E-state index contributed by atoms with van der Waals surface area (Å²) < 4.78 is 0.900. The van der Waals surface area contributed by atoms with Gasteiger partial charge in [-0.3, -0.25) is 4.79 Å². The monoisotopic (exact) mass is 406 g/mol. The summed E-state index contributed by atoms with van der Waals surface area (Å²) >= 11 is 9.36. The number of rotatable bonds is 3. The maximum absolute atomic E-state index is 12.9. The molecule has 2 aromatic rings. The Kier molecular flexibility index (Phi) is 4.76. The third kappa shape index (κ3) is 3.11. The summed E-state index contributed by atoms with van der Waals surface area (Å²) in [5.41, 5.74) is 0.286. The molecule has 1 atom stereocenters. The highest BCUT2D eigenvalue weighted by Crippen LogP contribution is 2.37. The molecule has 1 N–H and O–H groups in total. The van der Waals surface area contributed by atoms with Crippen LogP contribution in [0.4, 0.5) is 0 Å². The molecule has 24 heavy (non-hydrogen) atoms. The van der Waals surface area contributed by atoms with Crippen LogP contribution in [-0.4, -0.2) is 21.7 Å². The van der Waals surface area contributed by atoms with Gasteiger partial charge in [0, 0.05) is 32.8 Å². The first-order chi connectivity index (χ1) is 11.4. The smallest absolute Gasteiger partial charge is 0.276 e. The fraction of sp³-hybridized carbons (Fsp3) is 0.222. The number of halogens is 2. The first kappa shape index (κ1) is 17.1. The lowest BCUT2D eigenvalue weighted by atomic mass is 9.96. The molecule has 3 rings (SSSR count). The maximum atomic E-state index is 12.9. The van der Waals surface area contributed by atoms with Crippen molar-refractivity contribution < 1.29 is 9.90 Å². The van der Waals surface area contributed by atoms with Crippen molar-refractivity contribution in [2.45, 2.75) is 25.5 Å². The highest BCUT2D eigenvalue weighted by Gasteiger charge is 2.45. The van der Waals surface area contributed by atoms with Crippen molar-refractivity contribution in [2.75, 3.05) is 0 Å². The van der Waals surface area contributed by atoms with E-state index in [0.29, 0.717) is 22.6 Å². The van der Waals surface area contributed by atoms with Crippen LogP contribution in [0, 0.1) is 0 Å². The lowest BCUT2D eigenvalue weighted by Gasteiger charge is -2.31. The zero-order valence-electron chi connectivity index (χ0n) is 13.0. The Morgan fingerprint density at radius 1 is 1.33 bits per heavy atom. The molecule has 2 aromatic carbocycles. The van der Waals surface area contributed by atoms with E-state index < -0.39 is 5.72 Å². The summed E-state index contributed by atoms with van der Waals surface area (Å²) in [6.45, 7) is 1.95. The summed E-state index contributed by atoms with van der Waals surface area (Å²) in [6, 6.07) is 13.9. The zero-order valence-corrected chi connectivity index (χ0v) is 15.4. The summed E-state index contributed by atoms with van der Waals surface area (Å²) in [5, 5.41) is 17.3. The van der Waals surface area contributed by atoms with Crippen LogP contribution in [0.1, 0.15) is 35.7 Å². The average Bonchev–Trinajstić information content (AvgIpc) is 2.93. The fourth-order valence-electron chi connectivity index (χ4n) is 2.71. The number of carbonyl (C=O) groups excluding carboxylic acids is 1. The van der Waals surface area contributed by atoms with Gasteiger partial charge in [0.1, 0.15) is 0 Å². The van der Waals surface area contributed by atoms with E-state index in [4.69, 9.17) is 11.6 Å². The van der Waals surface area contributed by atoms with Crippen molar-refractivity contribution in [1.82, 2.24) is 5.01 Å². The molecule has 1 unspecified atom stereocenters. The Balaban J connectivity index is 2.03. The fourth-order valence-corrected chi connectivity index (χ4v) is 3.17. The molecule has 1 heterocycles. The van der Waals surface area contributed by atoms with E-state index in [0.717, 1.165) is 10.2 Å². The van der Waals surface area contributed by atoms with Crippen LogP contribution in [0.15, 0.2) is 58.1 Å². The van der Waals surface area contributed by atoms with Crippen LogP contribution in [0.2, 0.25) is 5.02 Å². The first-order valence-electron chi connectivity index (χ1n) is 7.59. The Hall–Kier alpha value is -1.69. The third-order valence-electron chi connectivity index (χ3n) is 4.02. The molecule has 4 nitrogen and oxygen atoms in total. The second-order valence-electron chi connectivity index (χ2n) is 5.65. The van der Waals surface area contributed by atoms with E-state index >= 15 is 0 Å². The number of benzene rings is 2. The van der Waals surface area contributed by atoms with Gasteiger partial charge in [-0.15, -0.1) is 0 Å². The van der Waals surface area contributed by atoms with Crippen molar-refractivity contribution in [1.29, 1.82) is 0 Å². The standard InChI is InChI=1S/C18H16BrClN2O2/c1-2-16-11-18(24,13-6-8-14(19)9-7-13)22(21-16)17(23)12-4-3-5-15(20)10-12/h3-10,24H,2,11H2,1H3.